The number of thiophene rings is 1. The second-order valence-corrected chi connectivity index (χ2v) is 8.96. The molecular weight excluding hydrogens is 382 g/mol. The van der Waals surface area contributed by atoms with Gasteiger partial charge in [0.05, 0.1) is 6.04 Å². The highest BCUT2D eigenvalue weighted by molar-refractivity contribution is 7.10. The summed E-state index contributed by atoms with van der Waals surface area (Å²) in [4.78, 5) is 32.8. The first kappa shape index (κ1) is 21.4. The molecule has 1 aromatic carbocycles. The van der Waals surface area contributed by atoms with Gasteiger partial charge in [-0.1, -0.05) is 31.2 Å². The number of hydrogen-bond donors (Lipinski definition) is 0. The predicted molar refractivity (Wildman–Crippen MR) is 118 cm³/mol. The monoisotopic (exact) mass is 413 g/mol. The summed E-state index contributed by atoms with van der Waals surface area (Å²) in [5, 5.41) is 2.12. The zero-order valence-electron chi connectivity index (χ0n) is 18.0. The fraction of sp³-hybridized carbons (Fsp3) is 0.478. The Hall–Kier alpha value is -2.34. The van der Waals surface area contributed by atoms with Crippen LogP contribution >= 0.6 is 11.3 Å². The summed E-state index contributed by atoms with van der Waals surface area (Å²) in [5.74, 6) is 0.00519. The molecule has 0 spiro atoms. The van der Waals surface area contributed by atoms with E-state index in [1.54, 1.807) is 35.2 Å². The van der Waals surface area contributed by atoms with E-state index in [0.29, 0.717) is 6.54 Å². The van der Waals surface area contributed by atoms with Crippen LogP contribution in [0.5, 0.6) is 0 Å². The Morgan fingerprint density at radius 1 is 1.21 bits per heavy atom. The number of aryl methyl sites for hydroxylation is 1. The molecule has 29 heavy (non-hydrogen) atoms. The van der Waals surface area contributed by atoms with E-state index in [0.717, 1.165) is 18.4 Å². The third-order valence-corrected chi connectivity index (χ3v) is 6.82. The Balaban J connectivity index is 1.94. The number of amides is 3. The molecule has 0 radical (unpaired) electrons. The van der Waals surface area contributed by atoms with Crippen molar-refractivity contribution in [2.24, 2.45) is 0 Å². The van der Waals surface area contributed by atoms with Crippen molar-refractivity contribution >= 4 is 23.3 Å². The van der Waals surface area contributed by atoms with E-state index in [1.807, 2.05) is 30.9 Å². The van der Waals surface area contributed by atoms with E-state index in [1.165, 1.54) is 16.0 Å². The number of nitrogens with zero attached hydrogens (tertiary/aromatic N) is 3. The quantitative estimate of drug-likeness (QED) is 0.733. The van der Waals surface area contributed by atoms with E-state index < -0.39 is 0 Å². The average Bonchev–Trinajstić information content (AvgIpc) is 3.19. The van der Waals surface area contributed by atoms with Crippen molar-refractivity contribution in [3.8, 4) is 0 Å². The topological polar surface area (TPSA) is 43.9 Å². The van der Waals surface area contributed by atoms with Crippen LogP contribution in [0.25, 0.3) is 0 Å². The molecule has 3 rings (SSSR count). The van der Waals surface area contributed by atoms with E-state index in [2.05, 4.69) is 30.5 Å². The molecule has 3 amide bonds. The summed E-state index contributed by atoms with van der Waals surface area (Å²) in [5.41, 5.74) is 3.56. The molecule has 1 aliphatic heterocycles. The van der Waals surface area contributed by atoms with Crippen molar-refractivity contribution in [1.29, 1.82) is 0 Å². The lowest BCUT2D eigenvalue weighted by Gasteiger charge is -2.39. The first-order valence-electron chi connectivity index (χ1n) is 10.2. The Kier molecular flexibility index (Phi) is 6.63. The van der Waals surface area contributed by atoms with Gasteiger partial charge in [0, 0.05) is 31.6 Å². The molecule has 2 atom stereocenters. The summed E-state index contributed by atoms with van der Waals surface area (Å²) in [6.45, 7) is 6.92. The van der Waals surface area contributed by atoms with Gasteiger partial charge < -0.3 is 14.7 Å². The summed E-state index contributed by atoms with van der Waals surface area (Å²) >= 11 is 1.77. The molecule has 0 aliphatic carbocycles. The highest BCUT2D eigenvalue weighted by Crippen LogP contribution is 2.39. The van der Waals surface area contributed by atoms with Crippen molar-refractivity contribution in [3.63, 3.8) is 0 Å². The van der Waals surface area contributed by atoms with Crippen LogP contribution in [0.15, 0.2) is 35.7 Å². The van der Waals surface area contributed by atoms with Crippen LogP contribution in [0, 0.1) is 6.92 Å². The number of urea groups is 1. The van der Waals surface area contributed by atoms with Gasteiger partial charge in [-0.2, -0.15) is 0 Å². The lowest BCUT2D eigenvalue weighted by Crippen LogP contribution is -2.51. The standard InChI is InChI=1S/C23H31N3O2S/c1-6-17(3)26(23(28)24(4)5)15-21(27)25-13-11-20-19(12-14-29-20)22(25)18-10-8-7-9-16(18)2/h7-10,12,14,17,22H,6,11,13,15H2,1-5H3/t17-,22-/m1/s1. The van der Waals surface area contributed by atoms with Gasteiger partial charge in [0.2, 0.25) is 5.91 Å². The van der Waals surface area contributed by atoms with Crippen molar-refractivity contribution in [2.75, 3.05) is 27.2 Å². The lowest BCUT2D eigenvalue weighted by molar-refractivity contribution is -0.134. The largest absolute Gasteiger partial charge is 0.331 e. The highest BCUT2D eigenvalue weighted by atomic mass is 32.1. The maximum absolute atomic E-state index is 13.5. The zero-order valence-corrected chi connectivity index (χ0v) is 18.8. The Morgan fingerprint density at radius 2 is 1.93 bits per heavy atom. The van der Waals surface area contributed by atoms with Gasteiger partial charge in [0.15, 0.2) is 0 Å². The Bertz CT molecular complexity index is 877. The maximum atomic E-state index is 13.5. The maximum Gasteiger partial charge on any atom is 0.320 e. The smallest absolute Gasteiger partial charge is 0.320 e. The molecule has 2 aromatic rings. The van der Waals surface area contributed by atoms with Gasteiger partial charge in [-0.25, -0.2) is 4.79 Å². The van der Waals surface area contributed by atoms with Crippen molar-refractivity contribution in [3.05, 3.63) is 57.3 Å². The molecule has 2 heterocycles. The Morgan fingerprint density at radius 3 is 2.59 bits per heavy atom. The molecule has 0 fully saturated rings. The fourth-order valence-corrected chi connectivity index (χ4v) is 4.84. The minimum absolute atomic E-state index is 0.00519. The molecular formula is C23H31N3O2S. The van der Waals surface area contributed by atoms with Gasteiger partial charge in [-0.15, -0.1) is 11.3 Å². The van der Waals surface area contributed by atoms with Gasteiger partial charge in [-0.3, -0.25) is 4.79 Å². The average molecular weight is 414 g/mol. The molecule has 0 bridgehead atoms. The summed E-state index contributed by atoms with van der Waals surface area (Å²) in [7, 11) is 3.47. The fourth-order valence-electron chi connectivity index (χ4n) is 3.94. The number of carbonyl (C=O) groups excluding carboxylic acids is 2. The van der Waals surface area contributed by atoms with Crippen molar-refractivity contribution in [1.82, 2.24) is 14.7 Å². The summed E-state index contributed by atoms with van der Waals surface area (Å²) in [6.07, 6.45) is 1.68. The van der Waals surface area contributed by atoms with E-state index >= 15 is 0 Å². The van der Waals surface area contributed by atoms with Crippen LogP contribution in [0.3, 0.4) is 0 Å². The van der Waals surface area contributed by atoms with E-state index in [4.69, 9.17) is 0 Å². The van der Waals surface area contributed by atoms with E-state index in [-0.39, 0.29) is 30.6 Å². The Labute approximate surface area is 177 Å². The number of carbonyl (C=O) groups is 2. The van der Waals surface area contributed by atoms with Crippen LogP contribution in [-0.4, -0.2) is 59.9 Å². The normalized spacial score (nSPS) is 16.9. The second-order valence-electron chi connectivity index (χ2n) is 7.96. The third kappa shape index (κ3) is 4.32. The van der Waals surface area contributed by atoms with Crippen LogP contribution in [0.4, 0.5) is 4.79 Å². The molecule has 0 N–H and O–H groups in total. The van der Waals surface area contributed by atoms with Crippen LogP contribution in [0.2, 0.25) is 0 Å². The van der Waals surface area contributed by atoms with E-state index in [9.17, 15) is 9.59 Å². The number of fused-ring (bicyclic) bond motifs is 1. The number of rotatable bonds is 5. The molecule has 0 saturated heterocycles. The first-order valence-corrected chi connectivity index (χ1v) is 11.1. The summed E-state index contributed by atoms with van der Waals surface area (Å²) in [6, 6.07) is 10.2. The molecule has 0 saturated carbocycles. The molecule has 1 aliphatic rings. The number of benzene rings is 1. The minimum atomic E-state index is -0.117. The molecule has 6 heteroatoms. The third-order valence-electron chi connectivity index (χ3n) is 5.83. The first-order chi connectivity index (χ1) is 13.8. The van der Waals surface area contributed by atoms with Gasteiger partial charge in [-0.05, 0) is 54.8 Å². The van der Waals surface area contributed by atoms with Gasteiger partial charge in [0.25, 0.3) is 0 Å². The van der Waals surface area contributed by atoms with Crippen molar-refractivity contribution in [2.45, 2.75) is 45.7 Å². The van der Waals surface area contributed by atoms with Crippen LogP contribution in [0.1, 0.15) is 47.9 Å². The lowest BCUT2D eigenvalue weighted by atomic mass is 9.90. The molecule has 0 unspecified atom stereocenters. The SMILES string of the molecule is CC[C@@H](C)N(CC(=O)N1CCc2sccc2[C@H]1c1ccccc1C)C(=O)N(C)C. The van der Waals surface area contributed by atoms with Gasteiger partial charge >= 0.3 is 6.03 Å². The zero-order chi connectivity index (χ0) is 21.1. The number of hydrogen-bond acceptors (Lipinski definition) is 3. The molecule has 1 aromatic heterocycles. The van der Waals surface area contributed by atoms with Crippen molar-refractivity contribution < 1.29 is 9.59 Å². The van der Waals surface area contributed by atoms with Gasteiger partial charge in [0.1, 0.15) is 6.54 Å². The summed E-state index contributed by atoms with van der Waals surface area (Å²) < 4.78 is 0. The molecule has 5 nitrogen and oxygen atoms in total. The van der Waals surface area contributed by atoms with Crippen LogP contribution < -0.4 is 0 Å². The highest BCUT2D eigenvalue weighted by Gasteiger charge is 2.35. The molecule has 156 valence electrons. The predicted octanol–water partition coefficient (Wildman–Crippen LogP) is 4.31. The van der Waals surface area contributed by atoms with Crippen LogP contribution in [-0.2, 0) is 11.2 Å². The minimum Gasteiger partial charge on any atom is -0.331 e. The second kappa shape index (κ2) is 8.99.